The van der Waals surface area contributed by atoms with Crippen LogP contribution in [-0.4, -0.2) is 89.2 Å². The summed E-state index contributed by atoms with van der Waals surface area (Å²) in [5.74, 6) is -3.14. The average Bonchev–Trinajstić information content (AvgIpc) is 3.37. The van der Waals surface area contributed by atoms with Crippen molar-refractivity contribution in [2.75, 3.05) is 13.2 Å². The van der Waals surface area contributed by atoms with Gasteiger partial charge in [0.25, 0.3) is 0 Å². The first-order valence-electron chi connectivity index (χ1n) is 29.6. The molecule has 12 nitrogen and oxygen atoms in total. The molecule has 1 heterocycles. The zero-order valence-electron chi connectivity index (χ0n) is 46.4. The van der Waals surface area contributed by atoms with Crippen molar-refractivity contribution < 1.29 is 58.2 Å². The van der Waals surface area contributed by atoms with Crippen molar-refractivity contribution in [3.63, 3.8) is 0 Å². The lowest BCUT2D eigenvalue weighted by molar-refractivity contribution is -0.301. The van der Waals surface area contributed by atoms with Crippen LogP contribution in [0.3, 0.4) is 0 Å². The number of esters is 3. The van der Waals surface area contributed by atoms with Gasteiger partial charge in [-0.05, 0) is 103 Å². The first kappa shape index (κ1) is 67.7. The van der Waals surface area contributed by atoms with Crippen molar-refractivity contribution in [2.24, 2.45) is 0 Å². The number of hydrogen-bond acceptors (Lipinski definition) is 11. The van der Waals surface area contributed by atoms with Gasteiger partial charge in [-0.25, -0.2) is 4.79 Å². The molecule has 1 aliphatic rings. The van der Waals surface area contributed by atoms with Gasteiger partial charge >= 0.3 is 23.9 Å². The van der Waals surface area contributed by atoms with Gasteiger partial charge in [-0.2, -0.15) is 0 Å². The molecule has 0 aromatic carbocycles. The molecule has 6 atom stereocenters. The number of ether oxygens (including phenoxy) is 5. The molecular formula is C61H106O12. The maximum atomic E-state index is 13.1. The highest BCUT2D eigenvalue weighted by atomic mass is 16.7. The van der Waals surface area contributed by atoms with Gasteiger partial charge < -0.3 is 39.0 Å². The number of carboxylic acid groups (broad SMARTS) is 1. The second-order valence-electron chi connectivity index (χ2n) is 20.3. The quantitative estimate of drug-likeness (QED) is 0.0228. The normalized spacial score (nSPS) is 18.6. The molecule has 0 bridgehead atoms. The minimum Gasteiger partial charge on any atom is -0.479 e. The Balaban J connectivity index is 2.70. The number of carbonyl (C=O) groups is 4. The van der Waals surface area contributed by atoms with Crippen LogP contribution in [-0.2, 0) is 42.9 Å². The number of carbonyl (C=O) groups excluding carboxylic acids is 3. The third kappa shape index (κ3) is 39.7. The summed E-state index contributed by atoms with van der Waals surface area (Å²) in [4.78, 5) is 51.1. The smallest absolute Gasteiger partial charge is 0.335 e. The summed E-state index contributed by atoms with van der Waals surface area (Å²) in [5, 5.41) is 31.4. The van der Waals surface area contributed by atoms with E-state index in [1.165, 1.54) is 89.9 Å². The summed E-state index contributed by atoms with van der Waals surface area (Å²) in [5.41, 5.74) is 0. The molecular weight excluding hydrogens is 925 g/mol. The Bertz CT molecular complexity index is 1460. The summed E-state index contributed by atoms with van der Waals surface area (Å²) in [6.45, 7) is 5.92. The van der Waals surface area contributed by atoms with E-state index in [0.29, 0.717) is 19.3 Å². The van der Waals surface area contributed by atoms with Crippen LogP contribution < -0.4 is 0 Å². The summed E-state index contributed by atoms with van der Waals surface area (Å²) >= 11 is 0. The molecule has 1 rings (SSSR count). The highest BCUT2D eigenvalue weighted by molar-refractivity contribution is 5.74. The third-order valence-electron chi connectivity index (χ3n) is 13.3. The zero-order chi connectivity index (χ0) is 53.3. The lowest BCUT2D eigenvalue weighted by Crippen LogP contribution is -2.61. The van der Waals surface area contributed by atoms with Crippen molar-refractivity contribution in [2.45, 2.75) is 302 Å². The van der Waals surface area contributed by atoms with Crippen LogP contribution >= 0.6 is 0 Å². The molecule has 0 aromatic heterocycles. The Kier molecular flexibility index (Phi) is 45.9. The number of carboxylic acids is 1. The van der Waals surface area contributed by atoms with E-state index in [0.717, 1.165) is 116 Å². The van der Waals surface area contributed by atoms with Gasteiger partial charge in [0, 0.05) is 19.3 Å². The molecule has 0 spiro atoms. The van der Waals surface area contributed by atoms with Crippen LogP contribution in [0.25, 0.3) is 0 Å². The first-order chi connectivity index (χ1) is 35.6. The Morgan fingerprint density at radius 3 is 1.27 bits per heavy atom. The molecule has 0 saturated carbocycles. The molecule has 0 amide bonds. The molecule has 3 N–H and O–H groups in total. The maximum Gasteiger partial charge on any atom is 0.335 e. The summed E-state index contributed by atoms with van der Waals surface area (Å²) < 4.78 is 28.4. The summed E-state index contributed by atoms with van der Waals surface area (Å²) in [7, 11) is 0. The molecule has 12 heteroatoms. The number of unbranched alkanes of at least 4 members (excludes halogenated alkanes) is 28. The minimum absolute atomic E-state index is 0.0497. The topological polar surface area (TPSA) is 175 Å². The minimum atomic E-state index is -1.91. The number of aliphatic hydroxyl groups excluding tert-OH is 2. The number of allylic oxidation sites excluding steroid dienone is 8. The second-order valence-corrected chi connectivity index (χ2v) is 20.3. The Labute approximate surface area is 443 Å². The summed E-state index contributed by atoms with van der Waals surface area (Å²) in [6, 6.07) is 0. The highest BCUT2D eigenvalue weighted by Crippen LogP contribution is 2.26. The Hall–Kier alpha value is -3.32. The van der Waals surface area contributed by atoms with Gasteiger partial charge in [0.05, 0.1) is 6.61 Å². The number of aliphatic hydroxyl groups is 2. The molecule has 1 saturated heterocycles. The van der Waals surface area contributed by atoms with Gasteiger partial charge in [-0.1, -0.05) is 191 Å². The Morgan fingerprint density at radius 1 is 0.452 bits per heavy atom. The fourth-order valence-corrected chi connectivity index (χ4v) is 8.74. The fraction of sp³-hybridized carbons (Fsp3) is 0.803. The standard InChI is InChI=1S/C61H106O12/c1-4-7-10-13-16-19-22-25-26-27-28-31-32-35-38-41-44-47-53(62)69-50-52(71-54(63)48-45-42-39-36-33-29-23-20-17-14-11-8-5-2)51-70-61-59(57(66)56(65)58(73-61)60(67)68)72-55(64)49-46-43-40-37-34-30-24-21-18-15-12-9-6-3/h16,19-21,23-26,52,56-59,61,65-66H,4-15,17-18,22,27-51H2,1-3H3,(H,67,68)/b19-16-,23-20-,24-21-,26-25-. The molecule has 0 radical (unpaired) electrons. The van der Waals surface area contributed by atoms with Gasteiger partial charge in [0.15, 0.2) is 24.6 Å². The van der Waals surface area contributed by atoms with Crippen molar-refractivity contribution >= 4 is 23.9 Å². The van der Waals surface area contributed by atoms with Gasteiger partial charge in [0.1, 0.15) is 18.8 Å². The lowest BCUT2D eigenvalue weighted by atomic mass is 9.98. The molecule has 1 fully saturated rings. The van der Waals surface area contributed by atoms with E-state index >= 15 is 0 Å². The largest absolute Gasteiger partial charge is 0.479 e. The maximum absolute atomic E-state index is 13.1. The van der Waals surface area contributed by atoms with Crippen molar-refractivity contribution in [3.05, 3.63) is 48.6 Å². The fourth-order valence-electron chi connectivity index (χ4n) is 8.74. The van der Waals surface area contributed by atoms with Gasteiger partial charge in [0.2, 0.25) is 0 Å². The van der Waals surface area contributed by atoms with E-state index in [-0.39, 0.29) is 25.9 Å². The molecule has 6 unspecified atom stereocenters. The molecule has 422 valence electrons. The Morgan fingerprint density at radius 2 is 0.822 bits per heavy atom. The summed E-state index contributed by atoms with van der Waals surface area (Å²) in [6.07, 6.45) is 46.5. The SMILES string of the molecule is CCCCC/C=C\C/C=C\CCCCCCCCCC(=O)OCC(COC1OC(C(=O)O)C(O)C(O)C1OC(=O)CCCCCCC/C=C\CCCCCC)OC(=O)CCCCCCC/C=C\CCCCCC. The molecule has 0 aromatic rings. The highest BCUT2D eigenvalue weighted by Gasteiger charge is 2.50. The van der Waals surface area contributed by atoms with Crippen molar-refractivity contribution in [3.8, 4) is 0 Å². The first-order valence-corrected chi connectivity index (χ1v) is 29.6. The van der Waals surface area contributed by atoms with E-state index in [9.17, 15) is 34.5 Å². The van der Waals surface area contributed by atoms with Crippen LogP contribution in [0, 0.1) is 0 Å². The monoisotopic (exact) mass is 1030 g/mol. The zero-order valence-corrected chi connectivity index (χ0v) is 46.4. The van der Waals surface area contributed by atoms with Crippen LogP contribution in [0.4, 0.5) is 0 Å². The van der Waals surface area contributed by atoms with E-state index in [1.807, 2.05) is 0 Å². The van der Waals surface area contributed by atoms with Crippen molar-refractivity contribution in [1.29, 1.82) is 0 Å². The van der Waals surface area contributed by atoms with Crippen molar-refractivity contribution in [1.82, 2.24) is 0 Å². The van der Waals surface area contributed by atoms with Gasteiger partial charge in [-0.15, -0.1) is 0 Å². The molecule has 1 aliphatic heterocycles. The lowest BCUT2D eigenvalue weighted by Gasteiger charge is -2.40. The van der Waals surface area contributed by atoms with Crippen LogP contribution in [0.1, 0.15) is 265 Å². The van der Waals surface area contributed by atoms with E-state index in [4.69, 9.17) is 23.7 Å². The van der Waals surface area contributed by atoms with Crippen LogP contribution in [0.2, 0.25) is 0 Å². The second kappa shape index (κ2) is 49.6. The third-order valence-corrected chi connectivity index (χ3v) is 13.3. The van der Waals surface area contributed by atoms with Gasteiger partial charge in [-0.3, -0.25) is 14.4 Å². The molecule has 73 heavy (non-hydrogen) atoms. The van der Waals surface area contributed by atoms with E-state index in [2.05, 4.69) is 69.4 Å². The van der Waals surface area contributed by atoms with E-state index in [1.54, 1.807) is 0 Å². The van der Waals surface area contributed by atoms with Crippen LogP contribution in [0.15, 0.2) is 48.6 Å². The number of hydrogen-bond donors (Lipinski definition) is 3. The van der Waals surface area contributed by atoms with E-state index < -0.39 is 67.3 Å². The predicted molar refractivity (Wildman–Crippen MR) is 294 cm³/mol. The predicted octanol–water partition coefficient (Wildman–Crippen LogP) is 15.0. The average molecular weight is 1030 g/mol. The molecule has 0 aliphatic carbocycles. The van der Waals surface area contributed by atoms with Crippen LogP contribution in [0.5, 0.6) is 0 Å². The number of aliphatic carboxylic acids is 1. The number of rotatable bonds is 50.